The first-order chi connectivity index (χ1) is 11.7. The van der Waals surface area contributed by atoms with Crippen molar-refractivity contribution >= 4 is 27.9 Å². The van der Waals surface area contributed by atoms with E-state index in [1.165, 1.54) is 21.9 Å². The molecule has 0 saturated heterocycles. The third-order valence-corrected chi connectivity index (χ3v) is 4.29. The lowest BCUT2D eigenvalue weighted by Crippen LogP contribution is -2.25. The van der Waals surface area contributed by atoms with Gasteiger partial charge in [0.1, 0.15) is 5.56 Å². The number of hydrogen-bond donors (Lipinski definition) is 1. The summed E-state index contributed by atoms with van der Waals surface area (Å²) < 4.78 is 3.22. The van der Waals surface area contributed by atoms with E-state index >= 15 is 0 Å². The Morgan fingerprint density at radius 1 is 1.17 bits per heavy atom. The van der Waals surface area contributed by atoms with Gasteiger partial charge in [0.2, 0.25) is 0 Å². The van der Waals surface area contributed by atoms with Crippen LogP contribution in [0.1, 0.15) is 10.4 Å². The Bertz CT molecular complexity index is 1060. The maximum absolute atomic E-state index is 12.3. The van der Waals surface area contributed by atoms with Crippen molar-refractivity contribution < 1.29 is 4.79 Å². The minimum atomic E-state index is -0.483. The molecular weight excluding hydrogens is 326 g/mol. The summed E-state index contributed by atoms with van der Waals surface area (Å²) in [5.41, 5.74) is 1.14. The SMILES string of the molecule is O=C(Nc1ccc(-n2ccnc2)cc1)c1cnc2sccn2c1=O. The number of amides is 1. The van der Waals surface area contributed by atoms with E-state index in [9.17, 15) is 9.59 Å². The Morgan fingerprint density at radius 3 is 2.75 bits per heavy atom. The Hall–Kier alpha value is -3.26. The molecule has 3 heterocycles. The zero-order valence-electron chi connectivity index (χ0n) is 12.3. The molecular formula is C16H11N5O2S. The van der Waals surface area contributed by atoms with Crippen molar-refractivity contribution in [3.8, 4) is 5.69 Å². The highest BCUT2D eigenvalue weighted by Crippen LogP contribution is 2.14. The Kier molecular flexibility index (Phi) is 3.43. The molecule has 0 unspecified atom stereocenters. The first-order valence-electron chi connectivity index (χ1n) is 7.07. The highest BCUT2D eigenvalue weighted by Gasteiger charge is 2.14. The topological polar surface area (TPSA) is 81.3 Å². The number of benzene rings is 1. The number of carbonyl (C=O) groups excluding carboxylic acids is 1. The number of anilines is 1. The highest BCUT2D eigenvalue weighted by atomic mass is 32.1. The van der Waals surface area contributed by atoms with E-state index in [4.69, 9.17) is 0 Å². The maximum atomic E-state index is 12.3. The second-order valence-corrected chi connectivity index (χ2v) is 5.88. The van der Waals surface area contributed by atoms with Crippen LogP contribution in [-0.2, 0) is 0 Å². The summed E-state index contributed by atoms with van der Waals surface area (Å²) in [6.07, 6.45) is 8.12. The summed E-state index contributed by atoms with van der Waals surface area (Å²) in [6, 6.07) is 7.23. The second kappa shape index (κ2) is 5.74. The first-order valence-corrected chi connectivity index (χ1v) is 7.95. The van der Waals surface area contributed by atoms with E-state index in [-0.39, 0.29) is 11.1 Å². The number of nitrogens with one attached hydrogen (secondary N) is 1. The molecule has 7 nitrogen and oxygen atoms in total. The van der Waals surface area contributed by atoms with E-state index in [0.29, 0.717) is 10.6 Å². The molecule has 24 heavy (non-hydrogen) atoms. The van der Waals surface area contributed by atoms with Crippen molar-refractivity contribution in [2.45, 2.75) is 0 Å². The van der Waals surface area contributed by atoms with Gasteiger partial charge in [0.15, 0.2) is 4.96 Å². The number of fused-ring (bicyclic) bond motifs is 1. The van der Waals surface area contributed by atoms with Gasteiger partial charge < -0.3 is 9.88 Å². The minimum absolute atomic E-state index is 0.00425. The van der Waals surface area contributed by atoms with E-state index in [2.05, 4.69) is 15.3 Å². The van der Waals surface area contributed by atoms with Gasteiger partial charge in [-0.1, -0.05) is 0 Å². The maximum Gasteiger partial charge on any atom is 0.271 e. The normalized spacial score (nSPS) is 10.8. The number of aromatic nitrogens is 4. The lowest BCUT2D eigenvalue weighted by molar-refractivity contribution is 0.102. The van der Waals surface area contributed by atoms with Crippen LogP contribution >= 0.6 is 11.3 Å². The van der Waals surface area contributed by atoms with Crippen LogP contribution in [0.4, 0.5) is 5.69 Å². The fourth-order valence-corrected chi connectivity index (χ4v) is 2.98. The van der Waals surface area contributed by atoms with Crippen LogP contribution in [0.25, 0.3) is 10.6 Å². The third kappa shape index (κ3) is 2.48. The number of imidazole rings is 1. The van der Waals surface area contributed by atoms with Crippen LogP contribution in [0.5, 0.6) is 0 Å². The largest absolute Gasteiger partial charge is 0.322 e. The quantitative estimate of drug-likeness (QED) is 0.621. The lowest BCUT2D eigenvalue weighted by atomic mass is 10.2. The van der Waals surface area contributed by atoms with Crippen molar-refractivity contribution in [2.24, 2.45) is 0 Å². The van der Waals surface area contributed by atoms with Gasteiger partial charge in [0.25, 0.3) is 11.5 Å². The standard InChI is InChI=1S/C16H11N5O2S/c22-14(13-9-18-16-21(15(13)23)7-8-24-16)19-11-1-3-12(4-2-11)20-6-5-17-10-20/h1-10H,(H,19,22). The van der Waals surface area contributed by atoms with Crippen LogP contribution in [0, 0.1) is 0 Å². The van der Waals surface area contributed by atoms with Gasteiger partial charge in [-0.2, -0.15) is 0 Å². The summed E-state index contributed by atoms with van der Waals surface area (Å²) in [7, 11) is 0. The third-order valence-electron chi connectivity index (χ3n) is 3.52. The Balaban J connectivity index is 1.59. The minimum Gasteiger partial charge on any atom is -0.322 e. The van der Waals surface area contributed by atoms with Gasteiger partial charge in [0.05, 0.1) is 6.33 Å². The summed E-state index contributed by atoms with van der Waals surface area (Å²) in [5, 5.41) is 4.46. The van der Waals surface area contributed by atoms with E-state index < -0.39 is 5.91 Å². The van der Waals surface area contributed by atoms with Crippen molar-refractivity contribution in [1.82, 2.24) is 18.9 Å². The lowest BCUT2D eigenvalue weighted by Gasteiger charge is -2.07. The van der Waals surface area contributed by atoms with Crippen LogP contribution in [0.15, 0.2) is 65.6 Å². The molecule has 3 aromatic heterocycles. The zero-order chi connectivity index (χ0) is 16.5. The molecule has 118 valence electrons. The van der Waals surface area contributed by atoms with Gasteiger partial charge >= 0.3 is 0 Å². The highest BCUT2D eigenvalue weighted by molar-refractivity contribution is 7.15. The second-order valence-electron chi connectivity index (χ2n) is 5.00. The molecule has 1 N–H and O–H groups in total. The van der Waals surface area contributed by atoms with Gasteiger partial charge in [-0.25, -0.2) is 9.97 Å². The molecule has 0 atom stereocenters. The molecule has 1 amide bonds. The Morgan fingerprint density at radius 2 is 2.00 bits per heavy atom. The van der Waals surface area contributed by atoms with Crippen molar-refractivity contribution in [1.29, 1.82) is 0 Å². The molecule has 0 radical (unpaired) electrons. The Labute approximate surface area is 139 Å². The molecule has 8 heteroatoms. The van der Waals surface area contributed by atoms with Crippen LogP contribution in [0.3, 0.4) is 0 Å². The van der Waals surface area contributed by atoms with Crippen LogP contribution in [0.2, 0.25) is 0 Å². The molecule has 4 aromatic rings. The molecule has 0 aliphatic carbocycles. The summed E-state index contributed by atoms with van der Waals surface area (Å²) in [5.74, 6) is -0.483. The average molecular weight is 337 g/mol. The molecule has 0 saturated carbocycles. The fraction of sp³-hybridized carbons (Fsp3) is 0. The smallest absolute Gasteiger partial charge is 0.271 e. The van der Waals surface area contributed by atoms with E-state index in [1.807, 2.05) is 22.9 Å². The van der Waals surface area contributed by atoms with Gasteiger partial charge in [-0.15, -0.1) is 11.3 Å². The molecule has 0 spiro atoms. The number of thiazole rings is 1. The van der Waals surface area contributed by atoms with Gasteiger partial charge in [-0.05, 0) is 24.3 Å². The number of carbonyl (C=O) groups is 1. The molecule has 0 aliphatic heterocycles. The van der Waals surface area contributed by atoms with Crippen molar-refractivity contribution in [2.75, 3.05) is 5.32 Å². The molecule has 0 aliphatic rings. The van der Waals surface area contributed by atoms with Gasteiger partial charge in [0, 0.05) is 41.5 Å². The van der Waals surface area contributed by atoms with Gasteiger partial charge in [-0.3, -0.25) is 14.0 Å². The van der Waals surface area contributed by atoms with Crippen LogP contribution < -0.4 is 10.9 Å². The molecule has 0 fully saturated rings. The molecule has 4 rings (SSSR count). The fourth-order valence-electron chi connectivity index (χ4n) is 2.31. The van der Waals surface area contributed by atoms with Crippen LogP contribution in [-0.4, -0.2) is 24.8 Å². The summed E-state index contributed by atoms with van der Waals surface area (Å²) in [4.78, 5) is 33.3. The summed E-state index contributed by atoms with van der Waals surface area (Å²) in [6.45, 7) is 0. The number of nitrogens with zero attached hydrogens (tertiary/aromatic N) is 4. The number of hydrogen-bond acceptors (Lipinski definition) is 5. The number of rotatable bonds is 3. The average Bonchev–Trinajstić information content (AvgIpc) is 3.27. The zero-order valence-corrected chi connectivity index (χ0v) is 13.1. The van der Waals surface area contributed by atoms with E-state index in [1.54, 1.807) is 36.2 Å². The van der Waals surface area contributed by atoms with Crippen molar-refractivity contribution in [3.05, 3.63) is 76.7 Å². The van der Waals surface area contributed by atoms with E-state index in [0.717, 1.165) is 5.69 Å². The predicted molar refractivity (Wildman–Crippen MR) is 90.9 cm³/mol. The molecule has 1 aromatic carbocycles. The summed E-state index contributed by atoms with van der Waals surface area (Å²) >= 11 is 1.34. The predicted octanol–water partition coefficient (Wildman–Crippen LogP) is 2.19. The first kappa shape index (κ1) is 14.3. The monoisotopic (exact) mass is 337 g/mol. The molecule has 0 bridgehead atoms. The van der Waals surface area contributed by atoms with Crippen molar-refractivity contribution in [3.63, 3.8) is 0 Å².